The van der Waals surface area contributed by atoms with Crippen LogP contribution in [0.2, 0.25) is 25.7 Å². The Morgan fingerprint density at radius 2 is 2.00 bits per heavy atom. The molecule has 7 heteroatoms. The van der Waals surface area contributed by atoms with Crippen molar-refractivity contribution in [2.24, 2.45) is 0 Å². The van der Waals surface area contributed by atoms with Crippen LogP contribution in [-0.2, 0) is 18.1 Å². The van der Waals surface area contributed by atoms with Gasteiger partial charge in [-0.25, -0.2) is 4.68 Å². The molecule has 0 unspecified atom stereocenters. The van der Waals surface area contributed by atoms with Gasteiger partial charge in [-0.05, 0) is 18.2 Å². The molecule has 0 amide bonds. The van der Waals surface area contributed by atoms with Gasteiger partial charge in [0.25, 0.3) is 0 Å². The summed E-state index contributed by atoms with van der Waals surface area (Å²) >= 11 is 0. The SMILES string of the molecule is COc1cncc(-c2cc(CO)nn2COCC[Si](C)(C)C)c1. The first-order valence-corrected chi connectivity index (χ1v) is 11.4. The Bertz CT molecular complexity index is 638. The summed E-state index contributed by atoms with van der Waals surface area (Å²) in [5, 5.41) is 13.7. The van der Waals surface area contributed by atoms with Crippen molar-refractivity contribution in [3.8, 4) is 17.0 Å². The summed E-state index contributed by atoms with van der Waals surface area (Å²) in [6.07, 6.45) is 3.40. The molecule has 1 N–H and O–H groups in total. The van der Waals surface area contributed by atoms with Crippen molar-refractivity contribution in [2.75, 3.05) is 13.7 Å². The van der Waals surface area contributed by atoms with E-state index < -0.39 is 8.07 Å². The van der Waals surface area contributed by atoms with Crippen LogP contribution in [0.5, 0.6) is 5.75 Å². The lowest BCUT2D eigenvalue weighted by atomic mass is 10.2. The summed E-state index contributed by atoms with van der Waals surface area (Å²) in [4.78, 5) is 4.17. The summed E-state index contributed by atoms with van der Waals surface area (Å²) in [7, 11) is 0.500. The van der Waals surface area contributed by atoms with Crippen molar-refractivity contribution in [3.05, 3.63) is 30.2 Å². The Labute approximate surface area is 138 Å². The number of rotatable bonds is 8. The fourth-order valence-corrected chi connectivity index (χ4v) is 2.83. The number of aliphatic hydroxyl groups excluding tert-OH is 1. The van der Waals surface area contributed by atoms with Gasteiger partial charge >= 0.3 is 0 Å². The molecule has 2 aromatic rings. The lowest BCUT2D eigenvalue weighted by Gasteiger charge is -2.16. The number of hydrogen-bond donors (Lipinski definition) is 1. The highest BCUT2D eigenvalue weighted by atomic mass is 28.3. The Kier molecular flexibility index (Phi) is 5.92. The summed E-state index contributed by atoms with van der Waals surface area (Å²) < 4.78 is 12.7. The maximum Gasteiger partial charge on any atom is 0.140 e. The van der Waals surface area contributed by atoms with Crippen LogP contribution in [0.25, 0.3) is 11.3 Å². The van der Waals surface area contributed by atoms with Crippen LogP contribution in [0, 0.1) is 0 Å². The van der Waals surface area contributed by atoms with Crippen LogP contribution in [0.1, 0.15) is 5.69 Å². The first-order chi connectivity index (χ1) is 10.9. The van der Waals surface area contributed by atoms with Gasteiger partial charge < -0.3 is 14.6 Å². The molecule has 0 aliphatic rings. The molecule has 23 heavy (non-hydrogen) atoms. The van der Waals surface area contributed by atoms with Crippen LogP contribution in [0.4, 0.5) is 0 Å². The predicted molar refractivity (Wildman–Crippen MR) is 92.0 cm³/mol. The molecule has 0 fully saturated rings. The largest absolute Gasteiger partial charge is 0.495 e. The second-order valence-electron chi connectivity index (χ2n) is 6.64. The van der Waals surface area contributed by atoms with Crippen molar-refractivity contribution in [1.29, 1.82) is 0 Å². The minimum atomic E-state index is -1.11. The van der Waals surface area contributed by atoms with Gasteiger partial charge in [0.15, 0.2) is 0 Å². The minimum absolute atomic E-state index is 0.105. The van der Waals surface area contributed by atoms with E-state index in [-0.39, 0.29) is 6.61 Å². The summed E-state index contributed by atoms with van der Waals surface area (Å²) in [5.41, 5.74) is 2.34. The zero-order valence-corrected chi connectivity index (χ0v) is 15.2. The fraction of sp³-hybridized carbons (Fsp3) is 0.500. The molecule has 2 rings (SSSR count). The average molecular weight is 335 g/mol. The van der Waals surface area contributed by atoms with Crippen LogP contribution in [-0.4, -0.2) is 41.7 Å². The van der Waals surface area contributed by atoms with E-state index in [9.17, 15) is 5.11 Å². The van der Waals surface area contributed by atoms with E-state index in [1.807, 2.05) is 12.1 Å². The fourth-order valence-electron chi connectivity index (χ4n) is 2.08. The minimum Gasteiger partial charge on any atom is -0.495 e. The van der Waals surface area contributed by atoms with Crippen LogP contribution >= 0.6 is 0 Å². The molecule has 6 nitrogen and oxygen atoms in total. The van der Waals surface area contributed by atoms with Gasteiger partial charge in [0.05, 0.1) is 31.3 Å². The number of hydrogen-bond acceptors (Lipinski definition) is 5. The Morgan fingerprint density at radius 1 is 1.22 bits per heavy atom. The highest BCUT2D eigenvalue weighted by Gasteiger charge is 2.14. The quantitative estimate of drug-likeness (QED) is 0.593. The topological polar surface area (TPSA) is 69.4 Å². The van der Waals surface area contributed by atoms with E-state index in [1.165, 1.54) is 0 Å². The number of methoxy groups -OCH3 is 1. The Morgan fingerprint density at radius 3 is 2.65 bits per heavy atom. The van der Waals surface area contributed by atoms with Gasteiger partial charge in [-0.15, -0.1) is 0 Å². The van der Waals surface area contributed by atoms with E-state index in [0.29, 0.717) is 18.2 Å². The number of ether oxygens (including phenoxy) is 2. The second-order valence-corrected chi connectivity index (χ2v) is 12.3. The van der Waals surface area contributed by atoms with Crippen LogP contribution in [0.15, 0.2) is 24.5 Å². The molecule has 0 aliphatic heterocycles. The summed E-state index contributed by atoms with van der Waals surface area (Å²) in [6, 6.07) is 4.85. The Hall–Kier alpha value is -1.70. The van der Waals surface area contributed by atoms with E-state index in [1.54, 1.807) is 24.2 Å². The lowest BCUT2D eigenvalue weighted by Crippen LogP contribution is -2.22. The molecule has 0 atom stereocenters. The average Bonchev–Trinajstić information content (AvgIpc) is 2.94. The maximum atomic E-state index is 9.35. The summed E-state index contributed by atoms with van der Waals surface area (Å²) in [5.74, 6) is 0.681. The van der Waals surface area contributed by atoms with Crippen molar-refractivity contribution in [3.63, 3.8) is 0 Å². The molecular weight excluding hydrogens is 310 g/mol. The predicted octanol–water partition coefficient (Wildman–Crippen LogP) is 2.76. The van der Waals surface area contributed by atoms with Crippen molar-refractivity contribution < 1.29 is 14.6 Å². The molecule has 126 valence electrons. The number of aliphatic hydroxyl groups is 1. The highest BCUT2D eigenvalue weighted by Crippen LogP contribution is 2.24. The molecule has 2 aromatic heterocycles. The third kappa shape index (κ3) is 5.16. The van der Waals surface area contributed by atoms with E-state index >= 15 is 0 Å². The van der Waals surface area contributed by atoms with Crippen LogP contribution < -0.4 is 4.74 Å². The molecule has 0 aliphatic carbocycles. The Balaban J connectivity index is 2.14. The molecule has 0 radical (unpaired) electrons. The number of pyridine rings is 1. The van der Waals surface area contributed by atoms with Gasteiger partial charge in [0.1, 0.15) is 12.5 Å². The highest BCUT2D eigenvalue weighted by molar-refractivity contribution is 6.76. The molecule has 0 spiro atoms. The standard InChI is InChI=1S/C16H25N3O3Si/c1-21-15-7-13(9-17-10-15)16-8-14(11-20)18-19(16)12-22-5-6-23(2,3)4/h7-10,20H,5-6,11-12H2,1-4H3. The second kappa shape index (κ2) is 7.72. The van der Waals surface area contributed by atoms with Crippen LogP contribution in [0.3, 0.4) is 0 Å². The first-order valence-electron chi connectivity index (χ1n) is 7.67. The van der Waals surface area contributed by atoms with Gasteiger partial charge in [-0.1, -0.05) is 19.6 Å². The van der Waals surface area contributed by atoms with E-state index in [2.05, 4.69) is 29.7 Å². The molecule has 0 bridgehead atoms. The normalized spacial score (nSPS) is 11.7. The number of aromatic nitrogens is 3. The van der Waals surface area contributed by atoms with Gasteiger partial charge in [0, 0.05) is 26.4 Å². The molecule has 0 saturated carbocycles. The first kappa shape index (κ1) is 17.6. The van der Waals surface area contributed by atoms with Crippen molar-refractivity contribution >= 4 is 8.07 Å². The third-order valence-corrected chi connectivity index (χ3v) is 5.15. The zero-order chi connectivity index (χ0) is 16.9. The molecule has 0 saturated heterocycles. The van der Waals surface area contributed by atoms with Crippen molar-refractivity contribution in [1.82, 2.24) is 14.8 Å². The lowest BCUT2D eigenvalue weighted by molar-refractivity contribution is 0.0790. The molecular formula is C16H25N3O3Si. The molecule has 2 heterocycles. The van der Waals surface area contributed by atoms with Gasteiger partial charge in [0.2, 0.25) is 0 Å². The van der Waals surface area contributed by atoms with Crippen molar-refractivity contribution in [2.45, 2.75) is 39.0 Å². The monoisotopic (exact) mass is 335 g/mol. The molecule has 0 aromatic carbocycles. The summed E-state index contributed by atoms with van der Waals surface area (Å²) in [6.45, 7) is 7.94. The zero-order valence-electron chi connectivity index (χ0n) is 14.2. The number of nitrogens with zero attached hydrogens (tertiary/aromatic N) is 3. The van der Waals surface area contributed by atoms with Gasteiger partial charge in [-0.3, -0.25) is 4.98 Å². The smallest absolute Gasteiger partial charge is 0.140 e. The van der Waals surface area contributed by atoms with E-state index in [0.717, 1.165) is 23.9 Å². The third-order valence-electron chi connectivity index (χ3n) is 3.45. The van der Waals surface area contributed by atoms with Gasteiger partial charge in [-0.2, -0.15) is 5.10 Å². The van der Waals surface area contributed by atoms with E-state index in [4.69, 9.17) is 9.47 Å². The maximum absolute atomic E-state index is 9.35.